The third-order valence-corrected chi connectivity index (χ3v) is 3.38. The van der Waals surface area contributed by atoms with Crippen LogP contribution in [0.2, 0.25) is 0 Å². The molecule has 2 rings (SSSR count). The molecule has 1 atom stereocenters. The lowest BCUT2D eigenvalue weighted by molar-refractivity contribution is -0.138. The maximum absolute atomic E-state index is 11.4. The van der Waals surface area contributed by atoms with E-state index in [4.69, 9.17) is 0 Å². The van der Waals surface area contributed by atoms with Crippen molar-refractivity contribution in [2.24, 2.45) is 0 Å². The van der Waals surface area contributed by atoms with Gasteiger partial charge in [0, 0.05) is 18.8 Å². The normalized spacial score (nSPS) is 12.1. The number of hydrogen-bond donors (Lipinski definition) is 1. The molecule has 1 aromatic carbocycles. The van der Waals surface area contributed by atoms with Gasteiger partial charge in [0.2, 0.25) is 0 Å². The number of anilines is 1. The number of rotatable bonds is 5. The first kappa shape index (κ1) is 12.6. The number of carbonyl (C=O) groups is 1. The summed E-state index contributed by atoms with van der Waals surface area (Å²) in [7, 11) is 1.76. The van der Waals surface area contributed by atoms with Crippen molar-refractivity contribution in [3.05, 3.63) is 46.8 Å². The number of nitrogens with zero attached hydrogens (tertiary/aromatic N) is 2. The van der Waals surface area contributed by atoms with Crippen LogP contribution in [-0.4, -0.2) is 29.1 Å². The Balaban J connectivity index is 2.16. The summed E-state index contributed by atoms with van der Waals surface area (Å²) in [5, 5.41) is 11.2. The Morgan fingerprint density at radius 2 is 2.17 bits per heavy atom. The zero-order valence-corrected chi connectivity index (χ0v) is 10.8. The van der Waals surface area contributed by atoms with Gasteiger partial charge in [-0.2, -0.15) is 0 Å². The summed E-state index contributed by atoms with van der Waals surface area (Å²) in [6.45, 7) is 0. The van der Waals surface area contributed by atoms with Crippen molar-refractivity contribution in [3.8, 4) is 0 Å². The molecule has 0 amide bonds. The lowest BCUT2D eigenvalue weighted by Crippen LogP contribution is -2.40. The van der Waals surface area contributed by atoms with E-state index in [0.29, 0.717) is 12.2 Å². The molecule has 2 aromatic rings. The molecule has 0 aliphatic rings. The maximum Gasteiger partial charge on any atom is 0.326 e. The summed E-state index contributed by atoms with van der Waals surface area (Å²) in [5.41, 5.74) is 2.71. The average Bonchev–Trinajstić information content (AvgIpc) is 2.90. The maximum atomic E-state index is 11.4. The van der Waals surface area contributed by atoms with Gasteiger partial charge in [-0.25, -0.2) is 9.78 Å². The van der Waals surface area contributed by atoms with E-state index in [1.54, 1.807) is 17.5 Å². The van der Waals surface area contributed by atoms with Crippen molar-refractivity contribution in [2.45, 2.75) is 12.5 Å². The van der Waals surface area contributed by atoms with E-state index in [0.717, 1.165) is 5.56 Å². The van der Waals surface area contributed by atoms with Gasteiger partial charge in [-0.1, -0.05) is 30.3 Å². The van der Waals surface area contributed by atoms with E-state index in [9.17, 15) is 9.90 Å². The lowest BCUT2D eigenvalue weighted by Gasteiger charge is -2.24. The van der Waals surface area contributed by atoms with Gasteiger partial charge < -0.3 is 10.0 Å². The Morgan fingerprint density at radius 3 is 2.72 bits per heavy atom. The molecule has 18 heavy (non-hydrogen) atoms. The van der Waals surface area contributed by atoms with Gasteiger partial charge in [-0.05, 0) is 5.56 Å². The molecule has 5 heteroatoms. The van der Waals surface area contributed by atoms with Gasteiger partial charge >= 0.3 is 5.97 Å². The van der Waals surface area contributed by atoms with Crippen molar-refractivity contribution in [1.82, 2.24) is 4.98 Å². The highest BCUT2D eigenvalue weighted by Gasteiger charge is 2.24. The van der Waals surface area contributed by atoms with Crippen LogP contribution in [0.15, 0.2) is 41.2 Å². The highest BCUT2D eigenvalue weighted by Crippen LogP contribution is 2.17. The van der Waals surface area contributed by atoms with E-state index in [1.807, 2.05) is 35.7 Å². The van der Waals surface area contributed by atoms with Crippen LogP contribution in [0.1, 0.15) is 5.56 Å². The Hall–Kier alpha value is -1.88. The molecular formula is C13H14N2O2S. The SMILES string of the molecule is CN(c1cscn1)C(Cc1ccccc1)C(=O)O. The highest BCUT2D eigenvalue weighted by atomic mass is 32.1. The minimum Gasteiger partial charge on any atom is -0.480 e. The fourth-order valence-electron chi connectivity index (χ4n) is 1.77. The van der Waals surface area contributed by atoms with Gasteiger partial charge in [-0.15, -0.1) is 11.3 Å². The second-order valence-corrected chi connectivity index (χ2v) is 4.72. The van der Waals surface area contributed by atoms with E-state index in [2.05, 4.69) is 4.98 Å². The van der Waals surface area contributed by atoms with Crippen molar-refractivity contribution in [2.75, 3.05) is 11.9 Å². The Kier molecular flexibility index (Phi) is 3.94. The Morgan fingerprint density at radius 1 is 1.44 bits per heavy atom. The smallest absolute Gasteiger partial charge is 0.326 e. The summed E-state index contributed by atoms with van der Waals surface area (Å²) in [5.74, 6) is -0.141. The Bertz CT molecular complexity index is 499. The molecule has 0 radical (unpaired) electrons. The van der Waals surface area contributed by atoms with Crippen LogP contribution in [-0.2, 0) is 11.2 Å². The molecular weight excluding hydrogens is 248 g/mol. The third kappa shape index (κ3) is 2.87. The highest BCUT2D eigenvalue weighted by molar-refractivity contribution is 7.07. The number of thiazole rings is 1. The second-order valence-electron chi connectivity index (χ2n) is 4.00. The first-order valence-electron chi connectivity index (χ1n) is 5.56. The summed E-state index contributed by atoms with van der Waals surface area (Å²) < 4.78 is 0. The van der Waals surface area contributed by atoms with E-state index in [1.165, 1.54) is 11.3 Å². The molecule has 0 aliphatic carbocycles. The Labute approximate surface area is 110 Å². The molecule has 0 saturated carbocycles. The molecule has 1 N–H and O–H groups in total. The van der Waals surface area contributed by atoms with Crippen molar-refractivity contribution in [1.29, 1.82) is 0 Å². The number of carboxylic acid groups (broad SMARTS) is 1. The number of hydrogen-bond acceptors (Lipinski definition) is 4. The molecule has 0 fully saturated rings. The molecule has 0 bridgehead atoms. The minimum atomic E-state index is -0.839. The quantitative estimate of drug-likeness (QED) is 0.898. The largest absolute Gasteiger partial charge is 0.480 e. The van der Waals surface area contributed by atoms with Crippen molar-refractivity contribution >= 4 is 23.1 Å². The number of aromatic nitrogens is 1. The van der Waals surface area contributed by atoms with Gasteiger partial charge in [0.05, 0.1) is 5.51 Å². The number of benzene rings is 1. The molecule has 4 nitrogen and oxygen atoms in total. The predicted molar refractivity (Wildman–Crippen MR) is 72.1 cm³/mol. The van der Waals surface area contributed by atoms with Crippen LogP contribution in [0.5, 0.6) is 0 Å². The van der Waals surface area contributed by atoms with Crippen LogP contribution < -0.4 is 4.90 Å². The summed E-state index contributed by atoms with van der Waals surface area (Å²) in [4.78, 5) is 17.2. The topological polar surface area (TPSA) is 53.4 Å². The number of aliphatic carboxylic acids is 1. The predicted octanol–water partition coefficient (Wildman–Crippen LogP) is 2.28. The van der Waals surface area contributed by atoms with E-state index < -0.39 is 12.0 Å². The average molecular weight is 262 g/mol. The van der Waals surface area contributed by atoms with Crippen LogP contribution in [0.4, 0.5) is 5.82 Å². The molecule has 1 aromatic heterocycles. The van der Waals surface area contributed by atoms with E-state index >= 15 is 0 Å². The van der Waals surface area contributed by atoms with Crippen molar-refractivity contribution in [3.63, 3.8) is 0 Å². The molecule has 1 heterocycles. The van der Waals surface area contributed by atoms with Gasteiger partial charge in [0.1, 0.15) is 11.9 Å². The number of likely N-dealkylation sites (N-methyl/N-ethyl adjacent to an activating group) is 1. The monoisotopic (exact) mass is 262 g/mol. The minimum absolute atomic E-state index is 0.462. The fourth-order valence-corrected chi connectivity index (χ4v) is 2.35. The molecule has 94 valence electrons. The summed E-state index contributed by atoms with van der Waals surface area (Å²) in [6, 6.07) is 9.02. The van der Waals surface area contributed by atoms with Crippen LogP contribution in [0.3, 0.4) is 0 Å². The molecule has 0 spiro atoms. The molecule has 1 unspecified atom stereocenters. The van der Waals surface area contributed by atoms with Crippen LogP contribution in [0, 0.1) is 0 Å². The number of carboxylic acids is 1. The summed E-state index contributed by atoms with van der Waals surface area (Å²) in [6.07, 6.45) is 0.462. The van der Waals surface area contributed by atoms with Gasteiger partial charge in [0.15, 0.2) is 0 Å². The fraction of sp³-hybridized carbons (Fsp3) is 0.231. The zero-order chi connectivity index (χ0) is 13.0. The van der Waals surface area contributed by atoms with Crippen molar-refractivity contribution < 1.29 is 9.90 Å². The molecule has 0 aliphatic heterocycles. The first-order valence-corrected chi connectivity index (χ1v) is 6.50. The summed E-state index contributed by atoms with van der Waals surface area (Å²) >= 11 is 1.46. The van der Waals surface area contributed by atoms with Crippen LogP contribution in [0.25, 0.3) is 0 Å². The van der Waals surface area contributed by atoms with Gasteiger partial charge in [-0.3, -0.25) is 0 Å². The lowest BCUT2D eigenvalue weighted by atomic mass is 10.1. The van der Waals surface area contributed by atoms with Gasteiger partial charge in [0.25, 0.3) is 0 Å². The first-order chi connectivity index (χ1) is 8.68. The standard InChI is InChI=1S/C13H14N2O2S/c1-15(12-8-18-9-14-12)11(13(16)17)7-10-5-3-2-4-6-10/h2-6,8-9,11H,7H2,1H3,(H,16,17). The zero-order valence-electron chi connectivity index (χ0n) is 9.98. The van der Waals surface area contributed by atoms with Crippen LogP contribution >= 0.6 is 11.3 Å². The third-order valence-electron chi connectivity index (χ3n) is 2.81. The second kappa shape index (κ2) is 5.64. The molecule has 0 saturated heterocycles. The van der Waals surface area contributed by atoms with E-state index in [-0.39, 0.29) is 0 Å².